The lowest BCUT2D eigenvalue weighted by atomic mass is 9.66. The van der Waals surface area contributed by atoms with Crippen LogP contribution in [-0.4, -0.2) is 47.6 Å². The van der Waals surface area contributed by atoms with Crippen LogP contribution < -0.4 is 10.6 Å². The Labute approximate surface area is 191 Å². The Morgan fingerprint density at radius 2 is 1.77 bits per heavy atom. The molecule has 1 aliphatic rings. The Hall–Kier alpha value is -1.79. The number of likely N-dealkylation sites (tertiary alicyclic amines) is 1. The number of carbonyl (C=O) groups is 2. The van der Waals surface area contributed by atoms with Crippen LogP contribution in [-0.2, 0) is 10.4 Å². The summed E-state index contributed by atoms with van der Waals surface area (Å²) in [5.41, 5.74) is -0.893. The van der Waals surface area contributed by atoms with Crippen LogP contribution in [0.15, 0.2) is 24.3 Å². The van der Waals surface area contributed by atoms with Crippen LogP contribution >= 0.6 is 11.6 Å². The summed E-state index contributed by atoms with van der Waals surface area (Å²) in [5.74, 6) is -0.180. The molecular weight excluding hydrogens is 414 g/mol. The van der Waals surface area contributed by atoms with Crippen LogP contribution in [0.4, 0.5) is 4.79 Å². The quantitative estimate of drug-likeness (QED) is 0.628. The van der Waals surface area contributed by atoms with Crippen LogP contribution in [0.25, 0.3) is 0 Å². The zero-order chi connectivity index (χ0) is 23.6. The molecule has 31 heavy (non-hydrogen) atoms. The number of benzene rings is 1. The number of amides is 3. The van der Waals surface area contributed by atoms with E-state index in [2.05, 4.69) is 10.6 Å². The van der Waals surface area contributed by atoms with E-state index in [1.165, 1.54) is 0 Å². The number of piperidine rings is 1. The van der Waals surface area contributed by atoms with Crippen molar-refractivity contribution in [1.82, 2.24) is 15.5 Å². The summed E-state index contributed by atoms with van der Waals surface area (Å²) in [6.07, 6.45) is 0.411. The molecule has 0 radical (unpaired) electrons. The summed E-state index contributed by atoms with van der Waals surface area (Å²) >= 11 is 6.01. The van der Waals surface area contributed by atoms with Gasteiger partial charge in [-0.25, -0.2) is 4.79 Å². The van der Waals surface area contributed by atoms with Crippen molar-refractivity contribution >= 4 is 23.5 Å². The average molecular weight is 452 g/mol. The molecule has 1 aliphatic heterocycles. The molecule has 0 aliphatic carbocycles. The van der Waals surface area contributed by atoms with Crippen LogP contribution in [0.1, 0.15) is 60.5 Å². The van der Waals surface area contributed by atoms with Gasteiger partial charge in [-0.15, -0.1) is 0 Å². The number of hydrogen-bond acceptors (Lipinski definition) is 3. The second-order valence-corrected chi connectivity index (χ2v) is 11.3. The Bertz CT molecular complexity index is 786. The first-order valence-electron chi connectivity index (χ1n) is 11.0. The van der Waals surface area contributed by atoms with Gasteiger partial charge in [-0.1, -0.05) is 72.2 Å². The minimum absolute atomic E-state index is 0.0440. The van der Waals surface area contributed by atoms with Crippen molar-refractivity contribution in [2.45, 2.75) is 66.5 Å². The minimum Gasteiger partial charge on any atom is -0.384 e. The minimum atomic E-state index is -1.07. The van der Waals surface area contributed by atoms with Gasteiger partial charge in [0.15, 0.2) is 0 Å². The predicted molar refractivity (Wildman–Crippen MR) is 125 cm³/mol. The smallest absolute Gasteiger partial charge is 0.315 e. The Balaban J connectivity index is 2.12. The van der Waals surface area contributed by atoms with Crippen molar-refractivity contribution in [3.05, 3.63) is 34.9 Å². The molecule has 2 rings (SSSR count). The highest BCUT2D eigenvalue weighted by atomic mass is 35.5. The third-order valence-electron chi connectivity index (χ3n) is 6.08. The predicted octanol–water partition coefficient (Wildman–Crippen LogP) is 4.16. The van der Waals surface area contributed by atoms with Crippen molar-refractivity contribution in [2.24, 2.45) is 16.7 Å². The molecule has 3 N–H and O–H groups in total. The van der Waals surface area contributed by atoms with Gasteiger partial charge in [0.2, 0.25) is 5.91 Å². The first-order chi connectivity index (χ1) is 14.2. The van der Waals surface area contributed by atoms with Crippen molar-refractivity contribution in [2.75, 3.05) is 19.6 Å². The molecule has 2 atom stereocenters. The van der Waals surface area contributed by atoms with E-state index < -0.39 is 17.1 Å². The molecule has 6 nitrogen and oxygen atoms in total. The van der Waals surface area contributed by atoms with Crippen LogP contribution in [0.3, 0.4) is 0 Å². The highest BCUT2D eigenvalue weighted by Crippen LogP contribution is 2.46. The highest BCUT2D eigenvalue weighted by Gasteiger charge is 2.50. The second kappa shape index (κ2) is 9.37. The summed E-state index contributed by atoms with van der Waals surface area (Å²) in [4.78, 5) is 27.5. The largest absolute Gasteiger partial charge is 0.384 e. The summed E-state index contributed by atoms with van der Waals surface area (Å²) < 4.78 is 0. The van der Waals surface area contributed by atoms with E-state index in [1.54, 1.807) is 17.0 Å². The molecule has 1 saturated heterocycles. The third kappa shape index (κ3) is 6.13. The van der Waals surface area contributed by atoms with Gasteiger partial charge in [-0.05, 0) is 35.4 Å². The molecule has 3 amide bonds. The first kappa shape index (κ1) is 25.5. The summed E-state index contributed by atoms with van der Waals surface area (Å²) in [7, 11) is 0. The zero-order valence-corrected chi connectivity index (χ0v) is 20.6. The number of urea groups is 1. The second-order valence-electron chi connectivity index (χ2n) is 10.9. The molecule has 174 valence electrons. The Morgan fingerprint density at radius 1 is 1.19 bits per heavy atom. The molecule has 0 unspecified atom stereocenters. The van der Waals surface area contributed by atoms with Gasteiger partial charge in [0.25, 0.3) is 0 Å². The number of aliphatic hydroxyl groups is 1. The molecule has 0 aromatic heterocycles. The lowest BCUT2D eigenvalue weighted by molar-refractivity contribution is -0.155. The topological polar surface area (TPSA) is 81.7 Å². The molecule has 7 heteroatoms. The van der Waals surface area contributed by atoms with E-state index in [0.29, 0.717) is 31.1 Å². The SMILES string of the molecule is CC(C)[C@@H](NC(=O)NCC(C)(C)C)C(=O)N1CC[C@](O)(c2ccc(Cl)cc2)C(C)(C)C1. The molecule has 0 saturated carbocycles. The molecule has 1 fully saturated rings. The standard InChI is InChI=1S/C24H38ClN3O3/c1-16(2)19(27-21(30)26-14-22(3,4)5)20(29)28-13-12-24(31,23(6,7)15-28)17-8-10-18(25)11-9-17/h8-11,16,19,31H,12-15H2,1-7H3,(H2,26,27,30)/t19-,24+/m1/s1. The maximum absolute atomic E-state index is 13.3. The molecule has 1 heterocycles. The fourth-order valence-corrected chi connectivity index (χ4v) is 4.14. The van der Waals surface area contributed by atoms with Crippen molar-refractivity contribution in [1.29, 1.82) is 0 Å². The van der Waals surface area contributed by atoms with Crippen LogP contribution in [0.5, 0.6) is 0 Å². The Morgan fingerprint density at radius 3 is 2.26 bits per heavy atom. The van der Waals surface area contributed by atoms with E-state index in [0.717, 1.165) is 5.56 Å². The third-order valence-corrected chi connectivity index (χ3v) is 6.33. The normalized spacial score (nSPS) is 22.2. The molecule has 0 bridgehead atoms. The number of halogens is 1. The summed E-state index contributed by atoms with van der Waals surface area (Å²) in [6, 6.07) is 6.28. The highest BCUT2D eigenvalue weighted by molar-refractivity contribution is 6.30. The summed E-state index contributed by atoms with van der Waals surface area (Å²) in [5, 5.41) is 17.9. The van der Waals surface area contributed by atoms with Gasteiger partial charge in [-0.3, -0.25) is 4.79 Å². The maximum atomic E-state index is 13.3. The molecule has 0 spiro atoms. The molecule has 1 aromatic carbocycles. The van der Waals surface area contributed by atoms with Gasteiger partial charge in [0, 0.05) is 30.1 Å². The summed E-state index contributed by atoms with van der Waals surface area (Å²) in [6.45, 7) is 15.2. The van der Waals surface area contributed by atoms with Crippen molar-refractivity contribution < 1.29 is 14.7 Å². The van der Waals surface area contributed by atoms with E-state index in [-0.39, 0.29) is 23.3 Å². The van der Waals surface area contributed by atoms with E-state index in [1.807, 2.05) is 60.6 Å². The van der Waals surface area contributed by atoms with Gasteiger partial charge < -0.3 is 20.6 Å². The number of nitrogens with zero attached hydrogens (tertiary/aromatic N) is 1. The monoisotopic (exact) mass is 451 g/mol. The van der Waals surface area contributed by atoms with Gasteiger partial charge in [0.05, 0.1) is 5.60 Å². The molecule has 1 aromatic rings. The van der Waals surface area contributed by atoms with Crippen LogP contribution in [0.2, 0.25) is 5.02 Å². The first-order valence-corrected chi connectivity index (χ1v) is 11.4. The Kier molecular flexibility index (Phi) is 7.70. The molecular formula is C24H38ClN3O3. The van der Waals surface area contributed by atoms with E-state index in [9.17, 15) is 14.7 Å². The van der Waals surface area contributed by atoms with E-state index in [4.69, 9.17) is 11.6 Å². The van der Waals surface area contributed by atoms with Gasteiger partial charge in [-0.2, -0.15) is 0 Å². The van der Waals surface area contributed by atoms with Crippen molar-refractivity contribution in [3.8, 4) is 0 Å². The number of rotatable bonds is 5. The fraction of sp³-hybridized carbons (Fsp3) is 0.667. The number of nitrogens with one attached hydrogen (secondary N) is 2. The zero-order valence-electron chi connectivity index (χ0n) is 19.9. The maximum Gasteiger partial charge on any atom is 0.315 e. The lowest BCUT2D eigenvalue weighted by Crippen LogP contribution is -2.61. The average Bonchev–Trinajstić information content (AvgIpc) is 2.65. The van der Waals surface area contributed by atoms with Gasteiger partial charge >= 0.3 is 6.03 Å². The lowest BCUT2D eigenvalue weighted by Gasteiger charge is -2.51. The van der Waals surface area contributed by atoms with Crippen molar-refractivity contribution in [3.63, 3.8) is 0 Å². The van der Waals surface area contributed by atoms with Crippen LogP contribution in [0, 0.1) is 16.7 Å². The fourth-order valence-electron chi connectivity index (χ4n) is 4.02. The number of hydrogen-bond donors (Lipinski definition) is 3. The van der Waals surface area contributed by atoms with E-state index >= 15 is 0 Å². The van der Waals surface area contributed by atoms with Gasteiger partial charge in [0.1, 0.15) is 6.04 Å². The number of carbonyl (C=O) groups excluding carboxylic acids is 2.